The molecular weight excluding hydrogens is 461 g/mol. The number of piperazine rings is 1. The normalized spacial score (nSPS) is 18.0. The van der Waals surface area contributed by atoms with E-state index in [1.54, 1.807) is 24.3 Å². The fourth-order valence-electron chi connectivity index (χ4n) is 4.88. The van der Waals surface area contributed by atoms with E-state index in [1.807, 2.05) is 0 Å². The van der Waals surface area contributed by atoms with E-state index in [1.165, 1.54) is 6.07 Å². The zero-order valence-corrected chi connectivity index (χ0v) is 19.6. The predicted molar refractivity (Wildman–Crippen MR) is 125 cm³/mol. The van der Waals surface area contributed by atoms with Gasteiger partial charge < -0.3 is 14.7 Å². The van der Waals surface area contributed by atoms with E-state index in [0.717, 1.165) is 45.2 Å². The second kappa shape index (κ2) is 11.2. The highest BCUT2D eigenvalue weighted by molar-refractivity contribution is 5.66. The van der Waals surface area contributed by atoms with Crippen LogP contribution in [0.3, 0.4) is 0 Å². The lowest BCUT2D eigenvalue weighted by Crippen LogP contribution is -2.47. The first-order valence-electron chi connectivity index (χ1n) is 12.2. The molecule has 10 heteroatoms. The number of nitrogens with zero attached hydrogens (tertiary/aromatic N) is 4. The highest BCUT2D eigenvalue weighted by Gasteiger charge is 2.35. The molecule has 1 aliphatic carbocycles. The molecule has 1 saturated carbocycles. The second-order valence-electron chi connectivity index (χ2n) is 9.25. The lowest BCUT2D eigenvalue weighted by Gasteiger charge is -2.34. The molecule has 2 aromatic rings. The van der Waals surface area contributed by atoms with Crippen LogP contribution >= 0.6 is 0 Å². The quantitative estimate of drug-likeness (QED) is 0.571. The maximum atomic E-state index is 13.8. The summed E-state index contributed by atoms with van der Waals surface area (Å²) < 4.78 is 47.0. The molecule has 35 heavy (non-hydrogen) atoms. The summed E-state index contributed by atoms with van der Waals surface area (Å²) in [7, 11) is 0. The molecule has 7 nitrogen and oxygen atoms in total. The third-order valence-corrected chi connectivity index (χ3v) is 6.82. The number of aromatic nitrogens is 2. The molecule has 1 aromatic carbocycles. The zero-order chi connectivity index (χ0) is 24.8. The lowest BCUT2D eigenvalue weighted by molar-refractivity contribution is -0.139. The molecule has 0 radical (unpaired) electrons. The number of ether oxygens (including phenoxy) is 1. The van der Waals surface area contributed by atoms with Crippen LogP contribution < -0.4 is 9.64 Å². The summed E-state index contributed by atoms with van der Waals surface area (Å²) >= 11 is 0. The number of rotatable bonds is 8. The van der Waals surface area contributed by atoms with Gasteiger partial charge in [-0.2, -0.15) is 13.2 Å². The summed E-state index contributed by atoms with van der Waals surface area (Å²) in [5, 5.41) is 17.1. The third-order valence-electron chi connectivity index (χ3n) is 6.82. The van der Waals surface area contributed by atoms with E-state index in [2.05, 4.69) is 20.0 Å². The van der Waals surface area contributed by atoms with Gasteiger partial charge >= 0.3 is 12.1 Å². The minimum absolute atomic E-state index is 0.0235. The van der Waals surface area contributed by atoms with Gasteiger partial charge in [0.1, 0.15) is 6.61 Å². The topological polar surface area (TPSA) is 78.8 Å². The molecule has 1 aliphatic heterocycles. The lowest BCUT2D eigenvalue weighted by atomic mass is 9.81. The van der Waals surface area contributed by atoms with Crippen molar-refractivity contribution in [3.05, 3.63) is 47.0 Å². The van der Waals surface area contributed by atoms with Crippen molar-refractivity contribution in [2.75, 3.05) is 37.6 Å². The monoisotopic (exact) mass is 492 g/mol. The largest absolute Gasteiger partial charge is 0.481 e. The Balaban J connectivity index is 1.34. The summed E-state index contributed by atoms with van der Waals surface area (Å²) in [6.07, 6.45) is 0.369. The van der Waals surface area contributed by atoms with Crippen molar-refractivity contribution in [3.63, 3.8) is 0 Å². The standard InChI is InChI=1S/C25H31F3N4O3/c26-25(27,28)21-16-18(6-7-20(21)19-4-2-1-3-5-19)17-35-23-9-8-22(29-30-23)32-14-12-31(13-15-32)11-10-24(33)34/h6-9,16,19H,1-5,10-15,17H2,(H,33,34). The van der Waals surface area contributed by atoms with Gasteiger partial charge in [0.05, 0.1) is 12.0 Å². The number of aliphatic carboxylic acids is 1. The smallest absolute Gasteiger partial charge is 0.416 e. The van der Waals surface area contributed by atoms with Gasteiger partial charge in [-0.3, -0.25) is 9.69 Å². The molecule has 0 bridgehead atoms. The van der Waals surface area contributed by atoms with Gasteiger partial charge in [-0.25, -0.2) is 0 Å². The van der Waals surface area contributed by atoms with Crippen LogP contribution in [0.5, 0.6) is 5.88 Å². The zero-order valence-electron chi connectivity index (χ0n) is 19.6. The molecule has 2 fully saturated rings. The number of alkyl halides is 3. The Kier molecular flexibility index (Phi) is 8.10. The molecule has 0 atom stereocenters. The van der Waals surface area contributed by atoms with Gasteiger partial charge in [-0.05, 0) is 42.0 Å². The summed E-state index contributed by atoms with van der Waals surface area (Å²) in [5.41, 5.74) is 0.280. The molecule has 2 aliphatic rings. The van der Waals surface area contributed by atoms with Crippen molar-refractivity contribution in [3.8, 4) is 5.88 Å². The van der Waals surface area contributed by atoms with Gasteiger partial charge in [-0.15, -0.1) is 10.2 Å². The summed E-state index contributed by atoms with van der Waals surface area (Å²) in [6.45, 7) is 3.41. The first-order chi connectivity index (χ1) is 16.8. The number of halogens is 3. The Morgan fingerprint density at radius 1 is 1.03 bits per heavy atom. The minimum atomic E-state index is -4.40. The third kappa shape index (κ3) is 6.84. The van der Waals surface area contributed by atoms with Crippen molar-refractivity contribution in [1.82, 2.24) is 15.1 Å². The molecule has 0 amide bonds. The second-order valence-corrected chi connectivity index (χ2v) is 9.25. The van der Waals surface area contributed by atoms with E-state index in [9.17, 15) is 18.0 Å². The number of carboxylic acid groups (broad SMARTS) is 1. The number of carbonyl (C=O) groups is 1. The molecule has 1 N–H and O–H groups in total. The van der Waals surface area contributed by atoms with Crippen LogP contribution in [0, 0.1) is 0 Å². The fourth-order valence-corrected chi connectivity index (χ4v) is 4.88. The molecule has 0 spiro atoms. The summed E-state index contributed by atoms with van der Waals surface area (Å²) in [5.74, 6) is 0.0988. The Hall–Kier alpha value is -2.88. The first kappa shape index (κ1) is 25.2. The SMILES string of the molecule is O=C(O)CCN1CCN(c2ccc(OCc3ccc(C4CCCCC4)c(C(F)(F)F)c3)nn2)CC1. The minimum Gasteiger partial charge on any atom is -0.481 e. The first-order valence-corrected chi connectivity index (χ1v) is 12.2. The maximum absolute atomic E-state index is 13.8. The fraction of sp³-hybridized carbons (Fsp3) is 0.560. The van der Waals surface area contributed by atoms with Gasteiger partial charge in [0.2, 0.25) is 5.88 Å². The van der Waals surface area contributed by atoms with Crippen LogP contribution in [0.4, 0.5) is 19.0 Å². The molecule has 0 unspecified atom stereocenters. The van der Waals surface area contributed by atoms with Crippen molar-refractivity contribution >= 4 is 11.8 Å². The van der Waals surface area contributed by atoms with Crippen LogP contribution in [0.2, 0.25) is 0 Å². The Labute approximate surface area is 202 Å². The average Bonchev–Trinajstić information content (AvgIpc) is 2.87. The van der Waals surface area contributed by atoms with Crippen LogP contribution in [-0.2, 0) is 17.6 Å². The van der Waals surface area contributed by atoms with Gasteiger partial charge in [0, 0.05) is 38.8 Å². The highest BCUT2D eigenvalue weighted by Crippen LogP contribution is 2.41. The molecule has 2 heterocycles. The number of anilines is 1. The van der Waals surface area contributed by atoms with E-state index < -0.39 is 17.7 Å². The molecular formula is C25H31F3N4O3. The number of hydrogen-bond acceptors (Lipinski definition) is 6. The van der Waals surface area contributed by atoms with Crippen molar-refractivity contribution < 1.29 is 27.8 Å². The van der Waals surface area contributed by atoms with E-state index in [-0.39, 0.29) is 24.8 Å². The highest BCUT2D eigenvalue weighted by atomic mass is 19.4. The Morgan fingerprint density at radius 3 is 2.40 bits per heavy atom. The van der Waals surface area contributed by atoms with Crippen LogP contribution in [0.1, 0.15) is 61.1 Å². The Morgan fingerprint density at radius 2 is 1.77 bits per heavy atom. The van der Waals surface area contributed by atoms with Crippen LogP contribution in [0.25, 0.3) is 0 Å². The average molecular weight is 493 g/mol. The predicted octanol–water partition coefficient (Wildman–Crippen LogP) is 4.72. The van der Waals surface area contributed by atoms with Crippen LogP contribution in [0.15, 0.2) is 30.3 Å². The van der Waals surface area contributed by atoms with Gasteiger partial charge in [0.25, 0.3) is 0 Å². The van der Waals surface area contributed by atoms with Crippen LogP contribution in [-0.4, -0.2) is 58.9 Å². The molecule has 1 saturated heterocycles. The Bertz CT molecular complexity index is 986. The van der Waals surface area contributed by atoms with Gasteiger partial charge in [0.15, 0.2) is 5.82 Å². The molecule has 190 valence electrons. The molecule has 1 aromatic heterocycles. The van der Waals surface area contributed by atoms with Crippen molar-refractivity contribution in [1.29, 1.82) is 0 Å². The van der Waals surface area contributed by atoms with Crippen molar-refractivity contribution in [2.24, 2.45) is 0 Å². The number of hydrogen-bond donors (Lipinski definition) is 1. The maximum Gasteiger partial charge on any atom is 0.416 e. The molecule has 4 rings (SSSR count). The number of carboxylic acids is 1. The van der Waals surface area contributed by atoms with E-state index >= 15 is 0 Å². The van der Waals surface area contributed by atoms with E-state index in [4.69, 9.17) is 9.84 Å². The summed E-state index contributed by atoms with van der Waals surface area (Å²) in [4.78, 5) is 14.9. The number of benzene rings is 1. The van der Waals surface area contributed by atoms with Crippen molar-refractivity contribution in [2.45, 2.75) is 57.2 Å². The van der Waals surface area contributed by atoms with Gasteiger partial charge in [-0.1, -0.05) is 31.4 Å². The summed E-state index contributed by atoms with van der Waals surface area (Å²) in [6, 6.07) is 7.98. The van der Waals surface area contributed by atoms with E-state index in [0.29, 0.717) is 36.6 Å².